The fourth-order valence-electron chi connectivity index (χ4n) is 3.92. The van der Waals surface area contributed by atoms with Crippen molar-refractivity contribution in [2.75, 3.05) is 39.4 Å². The molecular formula is C19H31Cl2N3O2. The Hall–Kier alpha value is -0.850. The van der Waals surface area contributed by atoms with Crippen LogP contribution in [0.4, 0.5) is 0 Å². The van der Waals surface area contributed by atoms with Gasteiger partial charge in [-0.15, -0.1) is 24.8 Å². The maximum atomic E-state index is 12.9. The van der Waals surface area contributed by atoms with E-state index < -0.39 is 0 Å². The van der Waals surface area contributed by atoms with Crippen LogP contribution >= 0.6 is 24.8 Å². The van der Waals surface area contributed by atoms with Gasteiger partial charge in [-0.1, -0.05) is 44.2 Å². The molecule has 2 saturated heterocycles. The van der Waals surface area contributed by atoms with E-state index in [0.717, 1.165) is 45.0 Å². The van der Waals surface area contributed by atoms with E-state index in [-0.39, 0.29) is 42.7 Å². The Balaban J connectivity index is 0.00000169. The molecule has 0 aliphatic carbocycles. The van der Waals surface area contributed by atoms with Crippen LogP contribution in [-0.4, -0.2) is 61.1 Å². The molecule has 3 rings (SSSR count). The zero-order valence-corrected chi connectivity index (χ0v) is 17.2. The maximum Gasteiger partial charge on any atom is 0.227 e. The second-order valence-corrected chi connectivity index (χ2v) is 7.16. The fraction of sp³-hybridized carbons (Fsp3) is 0.632. The van der Waals surface area contributed by atoms with Gasteiger partial charge in [0.25, 0.3) is 0 Å². The lowest BCUT2D eigenvalue weighted by Gasteiger charge is -2.34. The van der Waals surface area contributed by atoms with Crippen molar-refractivity contribution < 1.29 is 9.53 Å². The lowest BCUT2D eigenvalue weighted by molar-refractivity contribution is -0.135. The van der Waals surface area contributed by atoms with Crippen LogP contribution in [0.3, 0.4) is 0 Å². The molecule has 26 heavy (non-hydrogen) atoms. The lowest BCUT2D eigenvalue weighted by Crippen LogP contribution is -2.47. The molecule has 2 aliphatic rings. The highest BCUT2D eigenvalue weighted by atomic mass is 35.5. The van der Waals surface area contributed by atoms with Crippen molar-refractivity contribution in [2.45, 2.75) is 25.9 Å². The van der Waals surface area contributed by atoms with E-state index in [9.17, 15) is 4.79 Å². The zero-order valence-electron chi connectivity index (χ0n) is 15.5. The first-order valence-corrected chi connectivity index (χ1v) is 8.99. The number of morpholine rings is 1. The first-order chi connectivity index (χ1) is 11.6. The number of amides is 1. The number of benzene rings is 1. The Kier molecular flexibility index (Phi) is 9.34. The van der Waals surface area contributed by atoms with E-state index in [4.69, 9.17) is 10.5 Å². The van der Waals surface area contributed by atoms with Crippen LogP contribution in [0, 0.1) is 11.8 Å². The molecule has 1 aromatic rings. The van der Waals surface area contributed by atoms with Gasteiger partial charge in [0, 0.05) is 38.3 Å². The van der Waals surface area contributed by atoms with Gasteiger partial charge in [-0.2, -0.15) is 0 Å². The molecule has 0 bridgehead atoms. The molecule has 2 N–H and O–H groups in total. The predicted molar refractivity (Wildman–Crippen MR) is 109 cm³/mol. The maximum absolute atomic E-state index is 12.9. The van der Waals surface area contributed by atoms with Crippen LogP contribution in [0.1, 0.15) is 25.5 Å². The van der Waals surface area contributed by atoms with Crippen LogP contribution in [0.5, 0.6) is 0 Å². The minimum atomic E-state index is -0.253. The Morgan fingerprint density at radius 2 is 1.77 bits per heavy atom. The molecule has 4 atom stereocenters. The summed E-state index contributed by atoms with van der Waals surface area (Å²) in [5.41, 5.74) is 7.37. The average Bonchev–Trinajstić information content (AvgIpc) is 3.03. The third-order valence-corrected chi connectivity index (χ3v) is 5.51. The Labute approximate surface area is 169 Å². The van der Waals surface area contributed by atoms with Gasteiger partial charge in [0.2, 0.25) is 5.91 Å². The number of nitrogens with two attached hydrogens (primary N) is 1. The molecule has 2 heterocycles. The summed E-state index contributed by atoms with van der Waals surface area (Å²) in [6.45, 7) is 9.37. The number of hydrogen-bond acceptors (Lipinski definition) is 4. The molecule has 0 radical (unpaired) electrons. The molecule has 0 saturated carbocycles. The molecule has 5 nitrogen and oxygen atoms in total. The summed E-state index contributed by atoms with van der Waals surface area (Å²) < 4.78 is 5.45. The summed E-state index contributed by atoms with van der Waals surface area (Å²) in [4.78, 5) is 17.4. The monoisotopic (exact) mass is 403 g/mol. The number of carbonyl (C=O) groups is 1. The van der Waals surface area contributed by atoms with Crippen LogP contribution in [0.25, 0.3) is 0 Å². The lowest BCUT2D eigenvalue weighted by atomic mass is 9.94. The van der Waals surface area contributed by atoms with E-state index in [2.05, 4.69) is 11.8 Å². The molecule has 148 valence electrons. The number of halogens is 2. The summed E-state index contributed by atoms with van der Waals surface area (Å²) in [5, 5.41) is 0. The van der Waals surface area contributed by atoms with Crippen LogP contribution in [0.2, 0.25) is 0 Å². The summed E-state index contributed by atoms with van der Waals surface area (Å²) in [6, 6.07) is 10.1. The van der Waals surface area contributed by atoms with Gasteiger partial charge in [-0.25, -0.2) is 0 Å². The summed E-state index contributed by atoms with van der Waals surface area (Å²) in [5.74, 6) is 0.462. The first-order valence-electron chi connectivity index (χ1n) is 8.99. The third-order valence-electron chi connectivity index (χ3n) is 5.51. The van der Waals surface area contributed by atoms with E-state index in [1.165, 1.54) is 0 Å². The number of rotatable bonds is 4. The number of likely N-dealkylation sites (tertiary alicyclic amines) is 1. The highest BCUT2D eigenvalue weighted by molar-refractivity contribution is 5.85. The van der Waals surface area contributed by atoms with Crippen LogP contribution in [0.15, 0.2) is 30.3 Å². The SMILES string of the molecule is CC1CN(C(=O)C(C)C(N)c2ccccc2)CC1N1CCOCC1.Cl.Cl. The standard InChI is InChI=1S/C19H29N3O2.2ClH/c1-14-12-22(13-17(14)21-8-10-24-11-9-21)19(23)15(2)18(20)16-6-4-3-5-7-16;;/h3-7,14-15,17-18H,8-13,20H2,1-2H3;2*1H. The highest BCUT2D eigenvalue weighted by Gasteiger charge is 2.38. The first kappa shape index (κ1) is 23.2. The topological polar surface area (TPSA) is 58.8 Å². The Morgan fingerprint density at radius 1 is 1.15 bits per heavy atom. The molecule has 1 aromatic carbocycles. The molecule has 7 heteroatoms. The van der Waals surface area contributed by atoms with Crippen molar-refractivity contribution in [2.24, 2.45) is 17.6 Å². The smallest absolute Gasteiger partial charge is 0.227 e. The van der Waals surface area contributed by atoms with Gasteiger partial charge in [0.05, 0.1) is 19.1 Å². The van der Waals surface area contributed by atoms with Gasteiger partial charge < -0.3 is 15.4 Å². The van der Waals surface area contributed by atoms with Crippen molar-refractivity contribution in [1.29, 1.82) is 0 Å². The quantitative estimate of drug-likeness (QED) is 0.837. The van der Waals surface area contributed by atoms with Crippen LogP contribution < -0.4 is 5.73 Å². The average molecular weight is 404 g/mol. The van der Waals surface area contributed by atoms with Gasteiger partial charge >= 0.3 is 0 Å². The number of ether oxygens (including phenoxy) is 1. The number of hydrogen-bond donors (Lipinski definition) is 1. The molecule has 0 aromatic heterocycles. The fourth-order valence-corrected chi connectivity index (χ4v) is 3.92. The van der Waals surface area contributed by atoms with Gasteiger partial charge in [-0.3, -0.25) is 9.69 Å². The van der Waals surface area contributed by atoms with Crippen molar-refractivity contribution in [3.05, 3.63) is 35.9 Å². The van der Waals surface area contributed by atoms with Crippen molar-refractivity contribution >= 4 is 30.7 Å². The minimum Gasteiger partial charge on any atom is -0.379 e. The van der Waals surface area contributed by atoms with E-state index >= 15 is 0 Å². The van der Waals surface area contributed by atoms with Crippen molar-refractivity contribution in [1.82, 2.24) is 9.80 Å². The number of carbonyl (C=O) groups excluding carboxylic acids is 1. The molecular weight excluding hydrogens is 373 g/mol. The van der Waals surface area contributed by atoms with Gasteiger partial charge in [0.1, 0.15) is 0 Å². The summed E-state index contributed by atoms with van der Waals surface area (Å²) in [7, 11) is 0. The van der Waals surface area contributed by atoms with Gasteiger partial charge in [-0.05, 0) is 11.5 Å². The highest BCUT2D eigenvalue weighted by Crippen LogP contribution is 2.27. The predicted octanol–water partition coefficient (Wildman–Crippen LogP) is 2.35. The molecule has 2 fully saturated rings. The third kappa shape index (κ3) is 5.11. The molecule has 2 aliphatic heterocycles. The van der Waals surface area contributed by atoms with Crippen molar-refractivity contribution in [3.63, 3.8) is 0 Å². The summed E-state index contributed by atoms with van der Waals surface area (Å²) in [6.07, 6.45) is 0. The Bertz CT molecular complexity index is 555. The van der Waals surface area contributed by atoms with E-state index in [0.29, 0.717) is 12.0 Å². The Morgan fingerprint density at radius 3 is 2.38 bits per heavy atom. The van der Waals surface area contributed by atoms with E-state index in [1.807, 2.05) is 42.2 Å². The number of nitrogens with zero attached hydrogens (tertiary/aromatic N) is 2. The summed E-state index contributed by atoms with van der Waals surface area (Å²) >= 11 is 0. The molecule has 4 unspecified atom stereocenters. The van der Waals surface area contributed by atoms with Crippen molar-refractivity contribution in [3.8, 4) is 0 Å². The largest absolute Gasteiger partial charge is 0.379 e. The molecule has 0 spiro atoms. The normalized spacial score (nSPS) is 25.7. The second-order valence-electron chi connectivity index (χ2n) is 7.16. The van der Waals surface area contributed by atoms with E-state index in [1.54, 1.807) is 0 Å². The molecule has 1 amide bonds. The van der Waals surface area contributed by atoms with Gasteiger partial charge in [0.15, 0.2) is 0 Å². The minimum absolute atomic E-state index is 0. The second kappa shape index (κ2) is 10.5. The van der Waals surface area contributed by atoms with Crippen LogP contribution in [-0.2, 0) is 9.53 Å². The zero-order chi connectivity index (χ0) is 17.1.